The monoisotopic (exact) mass is 359 g/mol. The van der Waals surface area contributed by atoms with Crippen LogP contribution in [0.25, 0.3) is 0 Å². The van der Waals surface area contributed by atoms with Gasteiger partial charge in [0.1, 0.15) is 5.75 Å². The van der Waals surface area contributed by atoms with Crippen LogP contribution in [-0.2, 0) is 0 Å². The van der Waals surface area contributed by atoms with Gasteiger partial charge in [0.05, 0.1) is 12.8 Å². The molecule has 1 aliphatic rings. The molecule has 25 heavy (non-hydrogen) atoms. The fourth-order valence-electron chi connectivity index (χ4n) is 2.89. The highest BCUT2D eigenvalue weighted by molar-refractivity contribution is 6.31. The number of carbonyl (C=O) groups is 1. The summed E-state index contributed by atoms with van der Waals surface area (Å²) in [6.45, 7) is 4.86. The van der Waals surface area contributed by atoms with Gasteiger partial charge >= 0.3 is 6.03 Å². The zero-order valence-electron chi connectivity index (χ0n) is 14.5. The van der Waals surface area contributed by atoms with Crippen LogP contribution in [0.15, 0.2) is 42.5 Å². The van der Waals surface area contributed by atoms with Gasteiger partial charge in [0.15, 0.2) is 0 Å². The molecule has 6 heteroatoms. The molecule has 1 N–H and O–H groups in total. The summed E-state index contributed by atoms with van der Waals surface area (Å²) >= 11 is 6.22. The molecule has 1 aliphatic heterocycles. The van der Waals surface area contributed by atoms with Crippen LogP contribution in [-0.4, -0.2) is 44.2 Å². The number of halogens is 1. The maximum absolute atomic E-state index is 12.5. The predicted octanol–water partition coefficient (Wildman–Crippen LogP) is 4.01. The van der Waals surface area contributed by atoms with Gasteiger partial charge in [-0.1, -0.05) is 29.8 Å². The fourth-order valence-corrected chi connectivity index (χ4v) is 3.06. The molecule has 0 spiro atoms. The number of rotatable bonds is 3. The lowest BCUT2D eigenvalue weighted by Crippen LogP contribution is -2.50. The number of carbonyl (C=O) groups excluding carboxylic acids is 1. The molecule has 0 radical (unpaired) electrons. The van der Waals surface area contributed by atoms with Crippen molar-refractivity contribution in [2.75, 3.05) is 43.5 Å². The van der Waals surface area contributed by atoms with Crippen molar-refractivity contribution in [1.82, 2.24) is 4.90 Å². The van der Waals surface area contributed by atoms with Gasteiger partial charge in [-0.2, -0.15) is 0 Å². The second kappa shape index (κ2) is 7.66. The van der Waals surface area contributed by atoms with Gasteiger partial charge in [-0.05, 0) is 36.8 Å². The number of benzene rings is 2. The third-order valence-corrected chi connectivity index (χ3v) is 4.84. The number of nitrogens with zero attached hydrogens (tertiary/aromatic N) is 2. The summed E-state index contributed by atoms with van der Waals surface area (Å²) in [6, 6.07) is 13.4. The predicted molar refractivity (Wildman–Crippen MR) is 102 cm³/mol. The van der Waals surface area contributed by atoms with Crippen LogP contribution in [0.5, 0.6) is 5.75 Å². The number of methoxy groups -OCH3 is 1. The first-order chi connectivity index (χ1) is 12.1. The molecular weight excluding hydrogens is 338 g/mol. The van der Waals surface area contributed by atoms with Gasteiger partial charge in [-0.25, -0.2) is 4.79 Å². The van der Waals surface area contributed by atoms with Crippen LogP contribution in [0.4, 0.5) is 16.2 Å². The average Bonchev–Trinajstić information content (AvgIpc) is 2.64. The maximum atomic E-state index is 12.5. The van der Waals surface area contributed by atoms with Crippen LogP contribution in [0.2, 0.25) is 5.02 Å². The number of piperazine rings is 1. The minimum atomic E-state index is -0.105. The first kappa shape index (κ1) is 17.4. The topological polar surface area (TPSA) is 44.8 Å². The Hall–Kier alpha value is -2.40. The van der Waals surface area contributed by atoms with E-state index in [4.69, 9.17) is 16.3 Å². The molecule has 0 atom stereocenters. The van der Waals surface area contributed by atoms with Crippen molar-refractivity contribution in [1.29, 1.82) is 0 Å². The fraction of sp³-hybridized carbons (Fsp3) is 0.316. The molecular formula is C19H22ClN3O2. The molecule has 0 aromatic heterocycles. The third kappa shape index (κ3) is 3.99. The van der Waals surface area contributed by atoms with Crippen molar-refractivity contribution >= 4 is 29.0 Å². The van der Waals surface area contributed by atoms with E-state index in [2.05, 4.69) is 16.3 Å². The molecule has 1 fully saturated rings. The third-order valence-electron chi connectivity index (χ3n) is 4.44. The van der Waals surface area contributed by atoms with Crippen molar-refractivity contribution in [3.63, 3.8) is 0 Å². The van der Waals surface area contributed by atoms with E-state index in [1.807, 2.05) is 48.2 Å². The van der Waals surface area contributed by atoms with E-state index in [1.165, 1.54) is 0 Å². The summed E-state index contributed by atoms with van der Waals surface area (Å²) in [5.74, 6) is 0.656. The Morgan fingerprint density at radius 1 is 1.12 bits per heavy atom. The molecule has 0 bridgehead atoms. The van der Waals surface area contributed by atoms with Crippen molar-refractivity contribution in [2.45, 2.75) is 6.92 Å². The van der Waals surface area contributed by atoms with Crippen molar-refractivity contribution in [2.24, 2.45) is 0 Å². The van der Waals surface area contributed by atoms with E-state index in [0.29, 0.717) is 24.5 Å². The van der Waals surface area contributed by atoms with Crippen molar-refractivity contribution in [3.05, 3.63) is 53.1 Å². The molecule has 2 aromatic rings. The molecule has 0 unspecified atom stereocenters. The molecule has 0 saturated carbocycles. The van der Waals surface area contributed by atoms with Crippen molar-refractivity contribution in [3.8, 4) is 5.75 Å². The Bertz CT molecular complexity index is 758. The van der Waals surface area contributed by atoms with Gasteiger partial charge in [0.2, 0.25) is 0 Å². The Morgan fingerprint density at radius 2 is 1.84 bits per heavy atom. The molecule has 5 nitrogen and oxygen atoms in total. The molecule has 3 rings (SSSR count). The number of hydrogen-bond acceptors (Lipinski definition) is 3. The zero-order chi connectivity index (χ0) is 17.8. The van der Waals surface area contributed by atoms with Gasteiger partial charge in [-0.3, -0.25) is 0 Å². The lowest BCUT2D eigenvalue weighted by Gasteiger charge is -2.36. The Labute approximate surface area is 153 Å². The van der Waals surface area contributed by atoms with E-state index < -0.39 is 0 Å². The van der Waals surface area contributed by atoms with E-state index in [-0.39, 0.29) is 6.03 Å². The second-order valence-corrected chi connectivity index (χ2v) is 6.45. The first-order valence-corrected chi connectivity index (χ1v) is 8.66. The lowest BCUT2D eigenvalue weighted by atomic mass is 10.2. The summed E-state index contributed by atoms with van der Waals surface area (Å²) in [5.41, 5.74) is 2.85. The normalized spacial score (nSPS) is 14.4. The Kier molecular flexibility index (Phi) is 5.34. The minimum absolute atomic E-state index is 0.105. The molecule has 132 valence electrons. The van der Waals surface area contributed by atoms with Gasteiger partial charge < -0.3 is 19.9 Å². The molecule has 2 aromatic carbocycles. The minimum Gasteiger partial charge on any atom is -0.495 e. The summed E-state index contributed by atoms with van der Waals surface area (Å²) in [7, 11) is 1.59. The maximum Gasteiger partial charge on any atom is 0.322 e. The summed E-state index contributed by atoms with van der Waals surface area (Å²) < 4.78 is 5.28. The van der Waals surface area contributed by atoms with Crippen LogP contribution < -0.4 is 15.0 Å². The van der Waals surface area contributed by atoms with E-state index in [9.17, 15) is 4.79 Å². The van der Waals surface area contributed by atoms with E-state index in [1.54, 1.807) is 7.11 Å². The number of hydrogen-bond donors (Lipinski definition) is 1. The number of amides is 2. The summed E-state index contributed by atoms with van der Waals surface area (Å²) in [4.78, 5) is 16.6. The molecule has 2 amide bonds. The summed E-state index contributed by atoms with van der Waals surface area (Å²) in [6.07, 6.45) is 0. The number of nitrogens with one attached hydrogen (secondary N) is 1. The Morgan fingerprint density at radius 3 is 2.52 bits per heavy atom. The largest absolute Gasteiger partial charge is 0.495 e. The number of ether oxygens (including phenoxy) is 1. The number of anilines is 2. The smallest absolute Gasteiger partial charge is 0.322 e. The number of urea groups is 1. The first-order valence-electron chi connectivity index (χ1n) is 8.28. The van der Waals surface area contributed by atoms with Crippen LogP contribution >= 0.6 is 11.6 Å². The van der Waals surface area contributed by atoms with Gasteiger partial charge in [0, 0.05) is 36.9 Å². The summed E-state index contributed by atoms with van der Waals surface area (Å²) in [5, 5.41) is 3.70. The average molecular weight is 360 g/mol. The highest BCUT2D eigenvalue weighted by Crippen LogP contribution is 2.25. The standard InChI is InChI=1S/C19H22ClN3O2/c1-14-7-8-15(13-16(14)20)22-9-11-23(12-10-22)19(24)21-17-5-3-4-6-18(17)25-2/h3-8,13H,9-12H2,1-2H3,(H,21,24). The van der Waals surface area contributed by atoms with Gasteiger partial charge in [0.25, 0.3) is 0 Å². The molecule has 1 saturated heterocycles. The number of aryl methyl sites for hydroxylation is 1. The SMILES string of the molecule is COc1ccccc1NC(=O)N1CCN(c2ccc(C)c(Cl)c2)CC1. The van der Waals surface area contributed by atoms with E-state index in [0.717, 1.165) is 29.4 Å². The van der Waals surface area contributed by atoms with Crippen molar-refractivity contribution < 1.29 is 9.53 Å². The molecule has 1 heterocycles. The van der Waals surface area contributed by atoms with E-state index >= 15 is 0 Å². The van der Waals surface area contributed by atoms with Gasteiger partial charge in [-0.15, -0.1) is 0 Å². The highest BCUT2D eigenvalue weighted by Gasteiger charge is 2.22. The van der Waals surface area contributed by atoms with Crippen LogP contribution in [0.1, 0.15) is 5.56 Å². The number of para-hydroxylation sites is 2. The quantitative estimate of drug-likeness (QED) is 0.900. The van der Waals surface area contributed by atoms with Crippen LogP contribution in [0, 0.1) is 6.92 Å². The highest BCUT2D eigenvalue weighted by atomic mass is 35.5. The lowest BCUT2D eigenvalue weighted by molar-refractivity contribution is 0.208. The Balaban J connectivity index is 1.60. The second-order valence-electron chi connectivity index (χ2n) is 6.04. The zero-order valence-corrected chi connectivity index (χ0v) is 15.2. The van der Waals surface area contributed by atoms with Crippen LogP contribution in [0.3, 0.4) is 0 Å². The molecule has 0 aliphatic carbocycles.